The molecule has 1 amide bonds. The van der Waals surface area contributed by atoms with Crippen molar-refractivity contribution in [3.8, 4) is 0 Å². The van der Waals surface area contributed by atoms with E-state index in [1.165, 1.54) is 13.3 Å². The van der Waals surface area contributed by atoms with Crippen LogP contribution in [0, 0.1) is 5.92 Å². The predicted molar refractivity (Wildman–Crippen MR) is 92.3 cm³/mol. The third-order valence-electron chi connectivity index (χ3n) is 5.21. The van der Waals surface area contributed by atoms with Crippen molar-refractivity contribution in [3.05, 3.63) is 35.4 Å². The summed E-state index contributed by atoms with van der Waals surface area (Å²) in [6.45, 7) is 5.82. The monoisotopic (exact) mass is 330 g/mol. The largest absolute Gasteiger partial charge is 0.383 e. The van der Waals surface area contributed by atoms with Gasteiger partial charge in [-0.2, -0.15) is 0 Å². The van der Waals surface area contributed by atoms with Crippen LogP contribution in [0.5, 0.6) is 0 Å². The lowest BCUT2D eigenvalue weighted by Crippen LogP contribution is -2.45. The van der Waals surface area contributed by atoms with Crippen LogP contribution in [0.25, 0.3) is 0 Å². The first kappa shape index (κ1) is 17.1. The van der Waals surface area contributed by atoms with E-state index in [2.05, 4.69) is 4.90 Å². The number of methoxy groups -OCH3 is 1. The van der Waals surface area contributed by atoms with Gasteiger partial charge in [0.25, 0.3) is 5.91 Å². The molecular formula is C19H26N2O3. The summed E-state index contributed by atoms with van der Waals surface area (Å²) in [5, 5.41) is 0. The fraction of sp³-hybridized carbons (Fsp3) is 0.579. The van der Waals surface area contributed by atoms with Crippen molar-refractivity contribution in [2.45, 2.75) is 25.8 Å². The molecule has 3 aliphatic rings. The van der Waals surface area contributed by atoms with Gasteiger partial charge >= 0.3 is 0 Å². The van der Waals surface area contributed by atoms with E-state index in [0.717, 1.165) is 39.2 Å². The molecule has 0 spiro atoms. The lowest BCUT2D eigenvalue weighted by atomic mass is 9.95. The number of ketones is 1. The molecule has 0 radical (unpaired) electrons. The number of carbonyl (C=O) groups is 2. The zero-order valence-corrected chi connectivity index (χ0v) is 14.5. The molecule has 3 saturated heterocycles. The zero-order chi connectivity index (χ0) is 17.1. The van der Waals surface area contributed by atoms with Crippen molar-refractivity contribution >= 4 is 11.7 Å². The van der Waals surface area contributed by atoms with Crippen LogP contribution in [-0.2, 0) is 4.74 Å². The molecule has 0 saturated carbocycles. The number of fused-ring (bicyclic) bond motifs is 4. The molecule has 2 atom stereocenters. The molecule has 1 aromatic carbocycles. The van der Waals surface area contributed by atoms with E-state index in [1.54, 1.807) is 25.3 Å². The maximum Gasteiger partial charge on any atom is 0.253 e. The third kappa shape index (κ3) is 3.68. The minimum Gasteiger partial charge on any atom is -0.383 e. The first-order valence-electron chi connectivity index (χ1n) is 8.71. The van der Waals surface area contributed by atoms with Gasteiger partial charge in [0.05, 0.1) is 6.61 Å². The van der Waals surface area contributed by atoms with Crippen LogP contribution in [0.15, 0.2) is 24.3 Å². The lowest BCUT2D eigenvalue weighted by molar-refractivity contribution is 0.0717. The standard InChI is InChI=1S/C19H26N2O3/c1-14(22)16-4-3-5-17(10-16)19(23)21-12-15-6-7-18(13-21)20(11-15)8-9-24-2/h3-5,10,15,18H,6-9,11-13H2,1-2H3/t15-,18-/m0/s1. The molecular weight excluding hydrogens is 304 g/mol. The fourth-order valence-electron chi connectivity index (χ4n) is 3.88. The Kier molecular flexibility index (Phi) is 5.31. The SMILES string of the molecule is COCCN1C[C@@H]2CC[C@H]1CN(C(=O)c1cccc(C(C)=O)c1)C2. The summed E-state index contributed by atoms with van der Waals surface area (Å²) in [7, 11) is 1.73. The Morgan fingerprint density at radius 1 is 1.17 bits per heavy atom. The molecule has 1 aromatic rings. The molecule has 5 heteroatoms. The highest BCUT2D eigenvalue weighted by Crippen LogP contribution is 2.28. The summed E-state index contributed by atoms with van der Waals surface area (Å²) in [5.74, 6) is 0.565. The van der Waals surface area contributed by atoms with Crippen molar-refractivity contribution in [2.24, 2.45) is 5.92 Å². The number of piperidine rings is 1. The van der Waals surface area contributed by atoms with Crippen LogP contribution in [0.2, 0.25) is 0 Å². The molecule has 5 nitrogen and oxygen atoms in total. The highest BCUT2D eigenvalue weighted by molar-refractivity contribution is 5.99. The van der Waals surface area contributed by atoms with E-state index in [4.69, 9.17) is 4.74 Å². The van der Waals surface area contributed by atoms with Crippen LogP contribution in [0.1, 0.15) is 40.5 Å². The van der Waals surface area contributed by atoms with Gasteiger partial charge in [0.15, 0.2) is 5.78 Å². The highest BCUT2D eigenvalue weighted by atomic mass is 16.5. The maximum absolute atomic E-state index is 12.9. The third-order valence-corrected chi connectivity index (χ3v) is 5.21. The molecule has 3 fully saturated rings. The Bertz CT molecular complexity index is 616. The maximum atomic E-state index is 12.9. The normalized spacial score (nSPS) is 24.0. The number of Topliss-reactive ketones (excluding diaryl/α,β-unsaturated/α-hetero) is 1. The van der Waals surface area contributed by atoms with E-state index >= 15 is 0 Å². The van der Waals surface area contributed by atoms with E-state index in [-0.39, 0.29) is 11.7 Å². The van der Waals surface area contributed by atoms with Gasteiger partial charge in [-0.1, -0.05) is 12.1 Å². The summed E-state index contributed by atoms with van der Waals surface area (Å²) < 4.78 is 5.22. The number of carbonyl (C=O) groups excluding carboxylic acids is 2. The Hall–Kier alpha value is -1.72. The topological polar surface area (TPSA) is 49.9 Å². The van der Waals surface area contributed by atoms with Gasteiger partial charge < -0.3 is 9.64 Å². The van der Waals surface area contributed by atoms with E-state index in [9.17, 15) is 9.59 Å². The van der Waals surface area contributed by atoms with Crippen molar-refractivity contribution in [2.75, 3.05) is 39.9 Å². The van der Waals surface area contributed by atoms with Crippen LogP contribution < -0.4 is 0 Å². The second-order valence-electron chi connectivity index (χ2n) is 6.93. The second kappa shape index (κ2) is 7.45. The summed E-state index contributed by atoms with van der Waals surface area (Å²) in [6.07, 6.45) is 2.33. The Labute approximate surface area is 143 Å². The van der Waals surface area contributed by atoms with Crippen molar-refractivity contribution in [3.63, 3.8) is 0 Å². The first-order valence-corrected chi connectivity index (χ1v) is 8.71. The summed E-state index contributed by atoms with van der Waals surface area (Å²) in [5.41, 5.74) is 1.22. The molecule has 3 aliphatic heterocycles. The lowest BCUT2D eigenvalue weighted by Gasteiger charge is -2.35. The van der Waals surface area contributed by atoms with Gasteiger partial charge in [0.2, 0.25) is 0 Å². The van der Waals surface area contributed by atoms with Crippen LogP contribution >= 0.6 is 0 Å². The fourth-order valence-corrected chi connectivity index (χ4v) is 3.88. The summed E-state index contributed by atoms with van der Waals surface area (Å²) in [4.78, 5) is 29.0. The minimum absolute atomic E-state index is 0.00803. The number of hydrogen-bond donors (Lipinski definition) is 0. The minimum atomic E-state index is -0.00803. The Balaban J connectivity index is 1.74. The molecule has 3 heterocycles. The van der Waals surface area contributed by atoms with Crippen LogP contribution in [-0.4, -0.2) is 67.4 Å². The smallest absolute Gasteiger partial charge is 0.253 e. The number of hydrogen-bond acceptors (Lipinski definition) is 4. The van der Waals surface area contributed by atoms with Crippen molar-refractivity contribution in [1.29, 1.82) is 0 Å². The molecule has 0 unspecified atom stereocenters. The van der Waals surface area contributed by atoms with E-state index in [1.807, 2.05) is 11.0 Å². The number of benzene rings is 1. The van der Waals surface area contributed by atoms with Gasteiger partial charge in [-0.15, -0.1) is 0 Å². The van der Waals surface area contributed by atoms with Gasteiger partial charge in [-0.25, -0.2) is 0 Å². The van der Waals surface area contributed by atoms with Crippen molar-refractivity contribution in [1.82, 2.24) is 9.80 Å². The number of amides is 1. The zero-order valence-electron chi connectivity index (χ0n) is 14.5. The van der Waals surface area contributed by atoms with Gasteiger partial charge in [0, 0.05) is 50.5 Å². The molecule has 4 rings (SSSR count). The number of rotatable bonds is 5. The molecule has 24 heavy (non-hydrogen) atoms. The number of ether oxygens (including phenoxy) is 1. The first-order chi connectivity index (χ1) is 11.6. The Morgan fingerprint density at radius 3 is 2.71 bits per heavy atom. The molecule has 0 N–H and O–H groups in total. The molecule has 130 valence electrons. The summed E-state index contributed by atoms with van der Waals surface area (Å²) in [6, 6.07) is 7.50. The highest BCUT2D eigenvalue weighted by Gasteiger charge is 2.36. The van der Waals surface area contributed by atoms with E-state index < -0.39 is 0 Å². The van der Waals surface area contributed by atoms with Crippen molar-refractivity contribution < 1.29 is 14.3 Å². The van der Waals surface area contributed by atoms with Crippen LogP contribution in [0.4, 0.5) is 0 Å². The average Bonchev–Trinajstić information content (AvgIpc) is 2.91. The molecule has 0 aromatic heterocycles. The van der Waals surface area contributed by atoms with Gasteiger partial charge in [0.1, 0.15) is 0 Å². The van der Waals surface area contributed by atoms with Crippen LogP contribution in [0.3, 0.4) is 0 Å². The van der Waals surface area contributed by atoms with Gasteiger partial charge in [-0.05, 0) is 37.8 Å². The quantitative estimate of drug-likeness (QED) is 0.776. The Morgan fingerprint density at radius 2 is 1.96 bits per heavy atom. The van der Waals surface area contributed by atoms with E-state index in [0.29, 0.717) is 23.1 Å². The predicted octanol–water partition coefficient (Wildman–Crippen LogP) is 2.07. The number of nitrogens with zero attached hydrogens (tertiary/aromatic N) is 2. The summed E-state index contributed by atoms with van der Waals surface area (Å²) >= 11 is 0. The second-order valence-corrected chi connectivity index (χ2v) is 6.93. The average molecular weight is 330 g/mol. The van der Waals surface area contributed by atoms with Gasteiger partial charge in [-0.3, -0.25) is 14.5 Å². The molecule has 0 aliphatic carbocycles. The molecule has 2 bridgehead atoms.